The number of hydrogen-bond donors (Lipinski definition) is 1. The summed E-state index contributed by atoms with van der Waals surface area (Å²) in [5.74, 6) is 1.33. The van der Waals surface area contributed by atoms with E-state index in [2.05, 4.69) is 0 Å². The molecule has 0 unspecified atom stereocenters. The van der Waals surface area contributed by atoms with Gasteiger partial charge < -0.3 is 19.3 Å². The molecular formula is C20H18O5. The normalized spacial score (nSPS) is 28.7. The van der Waals surface area contributed by atoms with Crippen LogP contribution >= 0.6 is 0 Å². The lowest BCUT2D eigenvalue weighted by Gasteiger charge is -2.33. The quantitative estimate of drug-likeness (QED) is 0.866. The van der Waals surface area contributed by atoms with Crippen LogP contribution in [0.3, 0.4) is 0 Å². The first kappa shape index (κ1) is 14.9. The fraction of sp³-hybridized carbons (Fsp3) is 0.350. The Morgan fingerprint density at radius 3 is 2.84 bits per heavy atom. The average Bonchev–Trinajstić information content (AvgIpc) is 2.87. The van der Waals surface area contributed by atoms with E-state index in [1.807, 2.05) is 30.3 Å². The van der Waals surface area contributed by atoms with Crippen molar-refractivity contribution in [2.75, 3.05) is 7.11 Å². The molecule has 0 spiro atoms. The number of fused-ring (bicyclic) bond motifs is 9. The second-order valence-electron chi connectivity index (χ2n) is 7.21. The standard InChI is InChI=1S/C20H18O5/c1-20(22)8-10-6-7-14-17(15(10)12(21)9-20)18-11-4-3-5-13(23-2)16(11)19(24-14)25-18/h3-7,18-19,22H,8-9H2,1-2H3/t18-,19+,20+/m1/s1. The summed E-state index contributed by atoms with van der Waals surface area (Å²) in [5.41, 5.74) is 3.12. The molecule has 5 rings (SSSR count). The van der Waals surface area contributed by atoms with Gasteiger partial charge >= 0.3 is 0 Å². The molecule has 0 aromatic heterocycles. The number of carbonyl (C=O) groups excluding carboxylic acids is 1. The first-order chi connectivity index (χ1) is 12.0. The lowest BCUT2D eigenvalue weighted by Crippen LogP contribution is -2.36. The number of hydrogen-bond acceptors (Lipinski definition) is 5. The number of aliphatic hydroxyl groups is 1. The zero-order valence-electron chi connectivity index (χ0n) is 14.0. The third kappa shape index (κ3) is 2.00. The predicted molar refractivity (Wildman–Crippen MR) is 89.0 cm³/mol. The van der Waals surface area contributed by atoms with Crippen LogP contribution in [-0.4, -0.2) is 23.6 Å². The molecule has 128 valence electrons. The summed E-state index contributed by atoms with van der Waals surface area (Å²) in [6.45, 7) is 1.70. The van der Waals surface area contributed by atoms with Gasteiger partial charge in [-0.1, -0.05) is 18.2 Å². The van der Waals surface area contributed by atoms with Crippen molar-refractivity contribution in [1.82, 2.24) is 0 Å². The second-order valence-corrected chi connectivity index (χ2v) is 7.21. The SMILES string of the molecule is COc1cccc2c1[C@H]1Oc3ccc4c(c3[C@@H]2O1)C(=O)C[C@@](C)(O)C4. The number of ether oxygens (including phenoxy) is 3. The smallest absolute Gasteiger partial charge is 0.231 e. The number of ketones is 1. The summed E-state index contributed by atoms with van der Waals surface area (Å²) in [5, 5.41) is 10.4. The van der Waals surface area contributed by atoms with Crippen molar-refractivity contribution in [1.29, 1.82) is 0 Å². The molecule has 2 aromatic rings. The molecular weight excluding hydrogens is 320 g/mol. The van der Waals surface area contributed by atoms with E-state index < -0.39 is 11.9 Å². The van der Waals surface area contributed by atoms with Crippen molar-refractivity contribution in [3.05, 3.63) is 58.1 Å². The molecule has 25 heavy (non-hydrogen) atoms. The molecule has 0 amide bonds. The van der Waals surface area contributed by atoms with E-state index in [1.165, 1.54) is 0 Å². The van der Waals surface area contributed by atoms with Gasteiger partial charge in [0.05, 0.1) is 18.3 Å². The molecule has 2 heterocycles. The Morgan fingerprint density at radius 1 is 1.20 bits per heavy atom. The van der Waals surface area contributed by atoms with Crippen molar-refractivity contribution < 1.29 is 24.1 Å². The van der Waals surface area contributed by atoms with Crippen molar-refractivity contribution >= 4 is 5.78 Å². The molecule has 0 saturated carbocycles. The number of benzene rings is 2. The van der Waals surface area contributed by atoms with E-state index in [-0.39, 0.29) is 18.3 Å². The highest BCUT2D eigenvalue weighted by molar-refractivity contribution is 6.01. The van der Waals surface area contributed by atoms with Gasteiger partial charge in [0.1, 0.15) is 17.6 Å². The van der Waals surface area contributed by atoms with Gasteiger partial charge in [-0.3, -0.25) is 4.79 Å². The molecule has 2 bridgehead atoms. The van der Waals surface area contributed by atoms with Crippen LogP contribution in [0.2, 0.25) is 0 Å². The van der Waals surface area contributed by atoms with Crippen LogP contribution < -0.4 is 9.47 Å². The maximum atomic E-state index is 12.8. The Labute approximate surface area is 145 Å². The van der Waals surface area contributed by atoms with E-state index in [4.69, 9.17) is 14.2 Å². The lowest BCUT2D eigenvalue weighted by molar-refractivity contribution is -0.110. The van der Waals surface area contributed by atoms with Crippen LogP contribution in [0.1, 0.15) is 58.4 Å². The maximum Gasteiger partial charge on any atom is 0.231 e. The summed E-state index contributed by atoms with van der Waals surface area (Å²) in [6, 6.07) is 9.55. The van der Waals surface area contributed by atoms with Crippen molar-refractivity contribution in [2.24, 2.45) is 0 Å². The minimum atomic E-state index is -1.01. The minimum Gasteiger partial charge on any atom is -0.496 e. The number of carbonyl (C=O) groups is 1. The number of methoxy groups -OCH3 is 1. The molecule has 0 radical (unpaired) electrons. The average molecular weight is 338 g/mol. The Kier molecular flexibility index (Phi) is 2.89. The van der Waals surface area contributed by atoms with Crippen LogP contribution in [0, 0.1) is 0 Å². The van der Waals surface area contributed by atoms with Gasteiger partial charge in [0.2, 0.25) is 6.29 Å². The molecule has 3 aliphatic rings. The Balaban J connectivity index is 1.73. The highest BCUT2D eigenvalue weighted by Crippen LogP contribution is 2.55. The Morgan fingerprint density at radius 2 is 2.04 bits per heavy atom. The summed E-state index contributed by atoms with van der Waals surface area (Å²) in [7, 11) is 1.62. The van der Waals surface area contributed by atoms with Gasteiger partial charge in [0, 0.05) is 24.0 Å². The molecule has 0 fully saturated rings. The molecule has 3 atom stereocenters. The van der Waals surface area contributed by atoms with E-state index in [0.29, 0.717) is 17.7 Å². The monoisotopic (exact) mass is 338 g/mol. The van der Waals surface area contributed by atoms with Crippen LogP contribution in [0.4, 0.5) is 0 Å². The zero-order valence-corrected chi connectivity index (χ0v) is 14.0. The summed E-state index contributed by atoms with van der Waals surface area (Å²) in [6.07, 6.45) is -0.315. The molecule has 2 aromatic carbocycles. The third-order valence-electron chi connectivity index (χ3n) is 5.28. The molecule has 2 aliphatic heterocycles. The topological polar surface area (TPSA) is 65.0 Å². The molecule has 5 nitrogen and oxygen atoms in total. The van der Waals surface area contributed by atoms with E-state index in [9.17, 15) is 9.90 Å². The fourth-order valence-electron chi connectivity index (χ4n) is 4.30. The van der Waals surface area contributed by atoms with Crippen LogP contribution in [-0.2, 0) is 11.2 Å². The highest BCUT2D eigenvalue weighted by Gasteiger charge is 2.46. The van der Waals surface area contributed by atoms with Crippen LogP contribution in [0.15, 0.2) is 30.3 Å². The van der Waals surface area contributed by atoms with Gasteiger partial charge in [-0.25, -0.2) is 0 Å². The van der Waals surface area contributed by atoms with Crippen LogP contribution in [0.25, 0.3) is 0 Å². The Hall–Kier alpha value is -2.37. The largest absolute Gasteiger partial charge is 0.496 e. The Bertz CT molecular complexity index is 915. The van der Waals surface area contributed by atoms with Gasteiger partial charge in [0.15, 0.2) is 5.78 Å². The molecule has 1 N–H and O–H groups in total. The van der Waals surface area contributed by atoms with Gasteiger partial charge in [-0.2, -0.15) is 0 Å². The first-order valence-electron chi connectivity index (χ1n) is 8.39. The molecule has 1 aliphatic carbocycles. The summed E-state index contributed by atoms with van der Waals surface area (Å²) < 4.78 is 17.6. The minimum absolute atomic E-state index is 0.0647. The zero-order chi connectivity index (χ0) is 17.3. The lowest BCUT2D eigenvalue weighted by atomic mass is 9.77. The number of Topliss-reactive ketones (excluding diaryl/α,β-unsaturated/α-hetero) is 1. The van der Waals surface area contributed by atoms with Crippen molar-refractivity contribution in [3.63, 3.8) is 0 Å². The van der Waals surface area contributed by atoms with Gasteiger partial charge in [-0.05, 0) is 30.2 Å². The first-order valence-corrected chi connectivity index (χ1v) is 8.39. The van der Waals surface area contributed by atoms with E-state index in [0.717, 1.165) is 28.0 Å². The predicted octanol–water partition coefficient (Wildman–Crippen LogP) is 3.09. The highest BCUT2D eigenvalue weighted by atomic mass is 16.7. The molecule has 0 saturated heterocycles. The van der Waals surface area contributed by atoms with Gasteiger partial charge in [0.25, 0.3) is 0 Å². The van der Waals surface area contributed by atoms with Gasteiger partial charge in [-0.15, -0.1) is 0 Å². The summed E-state index contributed by atoms with van der Waals surface area (Å²) >= 11 is 0. The van der Waals surface area contributed by atoms with Crippen LogP contribution in [0.5, 0.6) is 11.5 Å². The van der Waals surface area contributed by atoms with Crippen molar-refractivity contribution in [2.45, 2.75) is 37.8 Å². The summed E-state index contributed by atoms with van der Waals surface area (Å²) in [4.78, 5) is 12.8. The number of rotatable bonds is 1. The molecule has 5 heteroatoms. The van der Waals surface area contributed by atoms with E-state index in [1.54, 1.807) is 14.0 Å². The van der Waals surface area contributed by atoms with E-state index >= 15 is 0 Å². The third-order valence-corrected chi connectivity index (χ3v) is 5.28. The maximum absolute atomic E-state index is 12.8. The second kappa shape index (κ2) is 4.84. The van der Waals surface area contributed by atoms with Crippen molar-refractivity contribution in [3.8, 4) is 11.5 Å². The fourth-order valence-corrected chi connectivity index (χ4v) is 4.30.